The van der Waals surface area contributed by atoms with Gasteiger partial charge in [-0.15, -0.1) is 32.9 Å². The molecule has 0 spiro atoms. The maximum atomic E-state index is 5.19. The number of hydrogen-bond donors (Lipinski definition) is 11. The number of rotatable bonds is 21. The van der Waals surface area contributed by atoms with Gasteiger partial charge in [-0.25, -0.2) is 29.9 Å². The van der Waals surface area contributed by atoms with Crippen LogP contribution in [-0.4, -0.2) is 226 Å². The SMILES string of the molecule is Cc1cc(Nc2cc(C3CCCNC3)nc3c(-c4cncs4)cnn23)sn1.Cc1cc(Nc2cc(C3CCCNC3)nc3c(-c4cnn(C)c4)cnn23)no1.Cc1csc(Nc2cc(C3CCCNC3)nc3c(-c4cnn(C)c4)cnn23)c1.Cn1cc(-c2cnn3c(Nc4ccc(C5=NCCCN5)cn4)cc(C4CCCNC4)nc23)cn1.Cn1cc(-c2cnn3c(Nc4nncs4)cc(C4CCCNC4)nc23)cn1. The molecule has 6 aliphatic rings. The number of aliphatic imine (C=N–C) groups is 1. The summed E-state index contributed by atoms with van der Waals surface area (Å²) in [5.74, 6) is 9.37. The van der Waals surface area contributed by atoms with Gasteiger partial charge >= 0.3 is 0 Å². The van der Waals surface area contributed by atoms with Gasteiger partial charge in [0, 0.05) is 227 Å². The van der Waals surface area contributed by atoms with Crippen LogP contribution in [0.25, 0.3) is 83.2 Å². The van der Waals surface area contributed by atoms with Crippen LogP contribution in [0, 0.1) is 20.8 Å². The summed E-state index contributed by atoms with van der Waals surface area (Å²) in [4.78, 5) is 39.6. The van der Waals surface area contributed by atoms with Crippen LogP contribution in [0.4, 0.5) is 55.9 Å². The minimum Gasteiger partial charge on any atom is -0.370 e. The molecule has 738 valence electrons. The van der Waals surface area contributed by atoms with Crippen molar-refractivity contribution in [1.29, 1.82) is 0 Å². The number of thiazole rings is 1. The molecule has 5 atom stereocenters. The first kappa shape index (κ1) is 94.0. The van der Waals surface area contributed by atoms with Gasteiger partial charge in [0.2, 0.25) is 5.13 Å². The second kappa shape index (κ2) is 42.7. The molecule has 42 nitrogen and oxygen atoms in total. The van der Waals surface area contributed by atoms with Crippen molar-refractivity contribution in [1.82, 2.24) is 174 Å². The van der Waals surface area contributed by atoms with Crippen LogP contribution in [0.5, 0.6) is 0 Å². The summed E-state index contributed by atoms with van der Waals surface area (Å²) < 4.78 is 26.0. The van der Waals surface area contributed by atoms with Crippen LogP contribution < -0.4 is 58.5 Å². The maximum absolute atomic E-state index is 5.19. The van der Waals surface area contributed by atoms with E-state index < -0.39 is 0 Å². The van der Waals surface area contributed by atoms with Gasteiger partial charge in [0.15, 0.2) is 34.1 Å². The molecule has 6 aliphatic heterocycles. The zero-order valence-corrected chi connectivity index (χ0v) is 84.0. The number of aryl methyl sites for hydroxylation is 7. The van der Waals surface area contributed by atoms with E-state index in [1.807, 2.05) is 187 Å². The Morgan fingerprint density at radius 3 is 1.15 bits per heavy atom. The fourth-order valence-electron chi connectivity index (χ4n) is 19.0. The predicted octanol–water partition coefficient (Wildman–Crippen LogP) is 14.8. The second-order valence-corrected chi connectivity index (χ2v) is 40.4. The summed E-state index contributed by atoms with van der Waals surface area (Å²) in [5, 5.41) is 95.3. The van der Waals surface area contributed by atoms with E-state index in [1.165, 1.54) is 41.3 Å². The zero-order valence-electron chi connectivity index (χ0n) is 80.8. The first-order chi connectivity index (χ1) is 70.6. The predicted molar refractivity (Wildman–Crippen MR) is 561 cm³/mol. The molecule has 0 aliphatic carbocycles. The molecule has 5 fully saturated rings. The number of pyridine rings is 1. The molecule has 20 aromatic rings. The monoisotopic (exact) mass is 2010 g/mol. The Morgan fingerprint density at radius 1 is 0.382 bits per heavy atom. The van der Waals surface area contributed by atoms with Gasteiger partial charge in [0.25, 0.3) is 0 Å². The second-order valence-electron chi connectivity index (χ2n) is 36.9. The molecule has 26 rings (SSSR count). The maximum Gasteiger partial charge on any atom is 0.210 e. The summed E-state index contributed by atoms with van der Waals surface area (Å²) in [5.41, 5.74) is 25.3. The smallest absolute Gasteiger partial charge is 0.210 e. The largest absolute Gasteiger partial charge is 0.370 e. The minimum atomic E-state index is 0.363. The van der Waals surface area contributed by atoms with Crippen LogP contribution in [0.2, 0.25) is 0 Å². The summed E-state index contributed by atoms with van der Waals surface area (Å²) in [6.07, 6.45) is 40.9. The van der Waals surface area contributed by atoms with Crippen molar-refractivity contribution in [2.45, 2.75) is 121 Å². The first-order valence-electron chi connectivity index (χ1n) is 48.7. The van der Waals surface area contributed by atoms with E-state index in [1.54, 1.807) is 46.9 Å². The fraction of sp³-hybridized carbons (Fsp3) is 0.357. The van der Waals surface area contributed by atoms with Crippen molar-refractivity contribution in [3.8, 4) is 54.9 Å². The standard InChI is InChI=1S/C24H28N10.C20H23N7S.C19H22N8O.C18H19N7S2.C17H19N9S/c1-33-15-18(13-29-33)19-14-30-34-22(10-20(31-24(19)34)16-4-2-7-25-11-16)32-21-6-5-17(12-28-21)23-26-8-3-9-27-23;1-13-6-19(28-12-13)25-18-7-17(14-4-3-5-21-8-14)24-20-16(10-23-27(18)20)15-9-22-26(2)11-15;1-12-6-17(25-28-12)24-18-7-16(13-4-3-5-20-8-13)23-19-15(10-22-27(18)19)14-9-21-26(2)11-14;1-11-5-17(27-24-11)23-16-6-14(12-3-2-4-19-7-12)22-18-13(8-21-25(16)18)15-9-20-10-26-15;1-25-9-12(7-20-25)13-8-21-26-15(23-17-24-19-10-27-17)5-14(22-16(13)26)11-3-2-4-18-6-11/h5-6,10,12-16,25H,2-4,7-9,11H2,1H3,(H,26,27)(H,28,32);6-7,9-12,14,21,25H,3-5,8H2,1-2H3;6-7,9-11,13,20H,3-5,8H2,1-2H3,(H,24,25);5-6,8-10,12,19,23H,2-4,7H2,1H3;5,7-11,18H,2-4,6H2,1H3,(H,23,24). The van der Waals surface area contributed by atoms with Gasteiger partial charge in [-0.05, 0) is 171 Å². The van der Waals surface area contributed by atoms with E-state index in [9.17, 15) is 0 Å². The third kappa shape index (κ3) is 21.1. The van der Waals surface area contributed by atoms with Crippen molar-refractivity contribution in [3.63, 3.8) is 0 Å². The number of fused-ring (bicyclic) bond motifs is 5. The normalized spacial score (nSPS) is 17.6. The lowest BCUT2D eigenvalue weighted by molar-refractivity contribution is 0.400. The highest BCUT2D eigenvalue weighted by Crippen LogP contribution is 2.40. The van der Waals surface area contributed by atoms with Gasteiger partial charge < -0.3 is 63.0 Å². The number of piperidine rings is 5. The Labute approximate surface area is 843 Å². The van der Waals surface area contributed by atoms with Crippen molar-refractivity contribution >= 4 is 135 Å². The Balaban J connectivity index is 0.000000103. The summed E-state index contributed by atoms with van der Waals surface area (Å²) >= 11 is 6.22. The van der Waals surface area contributed by atoms with E-state index in [2.05, 4.69) is 188 Å². The number of aromatic nitrogens is 29. The van der Waals surface area contributed by atoms with E-state index in [0.717, 1.165) is 321 Å². The Morgan fingerprint density at radius 2 is 0.806 bits per heavy atom. The van der Waals surface area contributed by atoms with Gasteiger partial charge in [0.1, 0.15) is 57.0 Å². The lowest BCUT2D eigenvalue weighted by atomic mass is 9.96. The highest BCUT2D eigenvalue weighted by atomic mass is 32.1. The van der Waals surface area contributed by atoms with Crippen LogP contribution in [-0.2, 0) is 28.2 Å². The number of hydrogen-bond acceptors (Lipinski definition) is 37. The molecule has 0 aromatic carbocycles. The lowest BCUT2D eigenvalue weighted by Gasteiger charge is -2.23. The molecular weight excluding hydrogens is 1900 g/mol. The topological polar surface area (TPSA) is 457 Å². The number of anilines is 10. The van der Waals surface area contributed by atoms with E-state index in [0.29, 0.717) is 35.4 Å². The fourth-order valence-corrected chi connectivity index (χ4v) is 21.6. The number of nitrogens with one attached hydrogen (secondary N) is 11. The van der Waals surface area contributed by atoms with Crippen LogP contribution in [0.1, 0.15) is 151 Å². The lowest BCUT2D eigenvalue weighted by Crippen LogP contribution is -2.30. The van der Waals surface area contributed by atoms with Crippen molar-refractivity contribution < 1.29 is 4.52 Å². The number of nitrogens with zero attached hydrogens (tertiary/aromatic N) is 30. The molecule has 11 N–H and O–H groups in total. The van der Waals surface area contributed by atoms with Gasteiger partial charge in [-0.1, -0.05) is 16.5 Å². The summed E-state index contributed by atoms with van der Waals surface area (Å²) in [6, 6.07) is 20.6. The van der Waals surface area contributed by atoms with E-state index in [-0.39, 0.29) is 0 Å². The van der Waals surface area contributed by atoms with Gasteiger partial charge in [-0.2, -0.15) is 72.8 Å². The highest BCUT2D eigenvalue weighted by Gasteiger charge is 2.30. The average Bonchev–Trinajstić information content (AvgIpc) is 1.64. The van der Waals surface area contributed by atoms with E-state index in [4.69, 9.17) is 29.4 Å². The number of amidine groups is 1. The highest BCUT2D eigenvalue weighted by molar-refractivity contribution is 7.14. The molecular formula is C98H111N41OS4. The Kier molecular flexibility index (Phi) is 27.9. The third-order valence-electron chi connectivity index (χ3n) is 26.3. The molecule has 144 heavy (non-hydrogen) atoms. The van der Waals surface area contributed by atoms with Crippen molar-refractivity contribution in [2.24, 2.45) is 33.2 Å². The first-order valence-corrected chi connectivity index (χ1v) is 52.2. The molecule has 46 heteroatoms. The third-order valence-corrected chi connectivity index (χ3v) is 29.5. The zero-order chi connectivity index (χ0) is 97.5. The summed E-state index contributed by atoms with van der Waals surface area (Å²) in [6.45, 7) is 17.9. The van der Waals surface area contributed by atoms with Crippen molar-refractivity contribution in [3.05, 3.63) is 221 Å². The molecule has 26 heterocycles. The molecule has 0 bridgehead atoms. The molecule has 20 aromatic heterocycles. The minimum absolute atomic E-state index is 0.363. The van der Waals surface area contributed by atoms with Gasteiger partial charge in [0.05, 0.1) is 111 Å². The van der Waals surface area contributed by atoms with Crippen LogP contribution in [0.3, 0.4) is 0 Å². The van der Waals surface area contributed by atoms with Gasteiger partial charge in [-0.3, -0.25) is 28.7 Å². The van der Waals surface area contributed by atoms with Crippen molar-refractivity contribution in [2.75, 3.05) is 105 Å². The molecule has 0 amide bonds. The molecule has 5 unspecified atom stereocenters. The van der Waals surface area contributed by atoms with Crippen LogP contribution in [0.15, 0.2) is 180 Å². The molecule has 0 radical (unpaired) electrons. The van der Waals surface area contributed by atoms with E-state index >= 15 is 0 Å². The quantitative estimate of drug-likeness (QED) is 0.0318. The molecule has 0 saturated carbocycles. The average molecular weight is 2010 g/mol. The Bertz CT molecular complexity index is 7620. The Hall–Kier alpha value is -14.9. The summed E-state index contributed by atoms with van der Waals surface area (Å²) in [7, 11) is 7.65. The molecule has 5 saturated heterocycles. The number of thiophene rings is 1. The van der Waals surface area contributed by atoms with Crippen LogP contribution >= 0.6 is 45.5 Å².